The molecule has 0 aromatic heterocycles. The van der Waals surface area contributed by atoms with E-state index >= 15 is 0 Å². The zero-order chi connectivity index (χ0) is 15.1. The van der Waals surface area contributed by atoms with Gasteiger partial charge in [-0.3, -0.25) is 0 Å². The molecule has 1 aliphatic rings. The number of benzene rings is 1. The molecule has 20 heavy (non-hydrogen) atoms. The van der Waals surface area contributed by atoms with Crippen molar-refractivity contribution < 1.29 is 12.8 Å². The highest BCUT2D eigenvalue weighted by atomic mass is 32.2. The van der Waals surface area contributed by atoms with Crippen LogP contribution in [0.3, 0.4) is 0 Å². The molecule has 0 amide bonds. The maximum absolute atomic E-state index is 13.3. The van der Waals surface area contributed by atoms with Crippen molar-refractivity contribution in [2.45, 2.75) is 44.7 Å². The van der Waals surface area contributed by atoms with Gasteiger partial charge in [-0.1, -0.05) is 6.92 Å². The molecule has 1 saturated heterocycles. The van der Waals surface area contributed by atoms with Gasteiger partial charge in [-0.05, 0) is 55.9 Å². The van der Waals surface area contributed by atoms with Crippen molar-refractivity contribution in [3.05, 3.63) is 29.1 Å². The zero-order valence-corrected chi connectivity index (χ0v) is 12.9. The predicted molar refractivity (Wildman–Crippen MR) is 76.1 cm³/mol. The summed E-state index contributed by atoms with van der Waals surface area (Å²) in [6.45, 7) is 5.60. The van der Waals surface area contributed by atoms with Gasteiger partial charge in [-0.25, -0.2) is 12.8 Å². The smallest absolute Gasteiger partial charge is 0.244 e. The van der Waals surface area contributed by atoms with Crippen LogP contribution in [0.2, 0.25) is 0 Å². The van der Waals surface area contributed by atoms with Crippen molar-refractivity contribution in [1.29, 1.82) is 0 Å². The third-order valence-corrected chi connectivity index (χ3v) is 6.15. The second-order valence-electron chi connectivity index (χ2n) is 5.59. The van der Waals surface area contributed by atoms with Gasteiger partial charge in [0, 0.05) is 6.54 Å². The monoisotopic (exact) mass is 300 g/mol. The van der Waals surface area contributed by atoms with E-state index in [0.717, 1.165) is 12.8 Å². The summed E-state index contributed by atoms with van der Waals surface area (Å²) in [7, 11) is -3.68. The van der Waals surface area contributed by atoms with Crippen LogP contribution in [-0.2, 0) is 10.0 Å². The normalized spacial score (nSPS) is 24.9. The minimum atomic E-state index is -3.68. The highest BCUT2D eigenvalue weighted by molar-refractivity contribution is 7.89. The lowest BCUT2D eigenvalue weighted by atomic mass is 9.99. The molecule has 0 saturated carbocycles. The Bertz CT molecular complexity index is 593. The summed E-state index contributed by atoms with van der Waals surface area (Å²) in [6, 6.07) is 2.50. The molecule has 1 aromatic carbocycles. The average molecular weight is 300 g/mol. The first kappa shape index (κ1) is 15.4. The van der Waals surface area contributed by atoms with Crippen molar-refractivity contribution in [3.8, 4) is 0 Å². The average Bonchev–Trinajstić information content (AvgIpc) is 2.30. The van der Waals surface area contributed by atoms with E-state index in [-0.39, 0.29) is 10.8 Å². The fourth-order valence-electron chi connectivity index (χ4n) is 2.87. The Morgan fingerprint density at radius 2 is 1.85 bits per heavy atom. The number of hydrogen-bond acceptors (Lipinski definition) is 3. The van der Waals surface area contributed by atoms with E-state index in [1.807, 2.05) is 6.92 Å². The zero-order valence-electron chi connectivity index (χ0n) is 12.1. The summed E-state index contributed by atoms with van der Waals surface area (Å²) in [5.41, 5.74) is 6.90. The molecule has 1 aromatic rings. The summed E-state index contributed by atoms with van der Waals surface area (Å²) in [6.07, 6.45) is 1.21. The van der Waals surface area contributed by atoms with Crippen molar-refractivity contribution in [2.24, 2.45) is 11.7 Å². The van der Waals surface area contributed by atoms with Gasteiger partial charge in [0.05, 0.1) is 11.1 Å². The number of sulfonamides is 1. The van der Waals surface area contributed by atoms with Crippen molar-refractivity contribution >= 4 is 10.0 Å². The molecule has 2 atom stereocenters. The Balaban J connectivity index is 2.50. The fourth-order valence-corrected chi connectivity index (χ4v) is 4.94. The highest BCUT2D eigenvalue weighted by Crippen LogP contribution is 2.30. The van der Waals surface area contributed by atoms with Crippen LogP contribution in [0.15, 0.2) is 17.0 Å². The molecular formula is C14H21FN2O2S. The lowest BCUT2D eigenvalue weighted by Crippen LogP contribution is -2.52. The molecule has 1 fully saturated rings. The Labute approximate surface area is 119 Å². The summed E-state index contributed by atoms with van der Waals surface area (Å²) < 4.78 is 40.3. The number of piperidine rings is 1. The van der Waals surface area contributed by atoms with Gasteiger partial charge in [0.25, 0.3) is 0 Å². The molecule has 4 nitrogen and oxygen atoms in total. The second-order valence-corrected chi connectivity index (χ2v) is 7.42. The first-order valence-electron chi connectivity index (χ1n) is 6.79. The molecule has 0 bridgehead atoms. The Hall–Kier alpha value is -0.980. The van der Waals surface area contributed by atoms with Crippen molar-refractivity contribution in [2.75, 3.05) is 6.54 Å². The number of halogens is 1. The van der Waals surface area contributed by atoms with Crippen LogP contribution in [0.25, 0.3) is 0 Å². The largest absolute Gasteiger partial charge is 0.315 e. The Morgan fingerprint density at radius 1 is 1.30 bits per heavy atom. The number of nitrogens with zero attached hydrogens (tertiary/aromatic N) is 1. The summed E-state index contributed by atoms with van der Waals surface area (Å²) >= 11 is 0. The summed E-state index contributed by atoms with van der Waals surface area (Å²) in [4.78, 5) is 0.184. The predicted octanol–water partition coefficient (Wildman–Crippen LogP) is 2.15. The molecule has 2 N–H and O–H groups in total. The topological polar surface area (TPSA) is 63.4 Å². The van der Waals surface area contributed by atoms with E-state index in [1.165, 1.54) is 16.4 Å². The quantitative estimate of drug-likeness (QED) is 0.910. The molecule has 0 radical (unpaired) electrons. The van der Waals surface area contributed by atoms with Crippen molar-refractivity contribution in [1.82, 2.24) is 4.31 Å². The Morgan fingerprint density at radius 3 is 2.40 bits per heavy atom. The maximum atomic E-state index is 13.3. The van der Waals surface area contributed by atoms with E-state index in [9.17, 15) is 12.8 Å². The third kappa shape index (κ3) is 2.60. The minimum Gasteiger partial charge on any atom is -0.315 e. The minimum absolute atomic E-state index is 0.125. The third-order valence-electron chi connectivity index (χ3n) is 3.95. The Kier molecular flexibility index (Phi) is 4.18. The molecule has 1 aliphatic heterocycles. The number of nitrogens with two attached hydrogens (primary N) is 1. The van der Waals surface area contributed by atoms with Crippen LogP contribution < -0.4 is 5.73 Å². The number of rotatable bonds is 2. The summed E-state index contributed by atoms with van der Waals surface area (Å²) in [5, 5.41) is 0. The van der Waals surface area contributed by atoms with Gasteiger partial charge in [0.15, 0.2) is 0 Å². The number of aryl methyl sites for hydroxylation is 2. The lowest BCUT2D eigenvalue weighted by Gasteiger charge is -2.37. The van der Waals surface area contributed by atoms with Crippen molar-refractivity contribution in [3.63, 3.8) is 0 Å². The molecule has 2 rings (SSSR count). The van der Waals surface area contributed by atoms with Crippen LogP contribution in [-0.4, -0.2) is 25.4 Å². The van der Waals surface area contributed by atoms with Crippen LogP contribution in [0.1, 0.15) is 30.9 Å². The van der Waals surface area contributed by atoms with E-state index in [1.54, 1.807) is 13.8 Å². The standard InChI is InChI=1S/C14H21FN2O2S/c1-9-5-4-6-17(14(9)16)20(18,19)13-10(2)7-12(15)8-11(13)3/h7-9,14H,4-6,16H2,1-3H3. The van der Waals surface area contributed by atoms with E-state index in [0.29, 0.717) is 17.7 Å². The van der Waals surface area contributed by atoms with Crippen LogP contribution in [0.5, 0.6) is 0 Å². The molecule has 1 heterocycles. The van der Waals surface area contributed by atoms with Crippen LogP contribution >= 0.6 is 0 Å². The molecule has 0 spiro atoms. The lowest BCUT2D eigenvalue weighted by molar-refractivity contribution is 0.192. The first-order valence-corrected chi connectivity index (χ1v) is 8.23. The van der Waals surface area contributed by atoms with E-state index in [4.69, 9.17) is 5.73 Å². The van der Waals surface area contributed by atoms with Gasteiger partial charge < -0.3 is 5.73 Å². The van der Waals surface area contributed by atoms with E-state index in [2.05, 4.69) is 0 Å². The molecule has 112 valence electrons. The van der Waals surface area contributed by atoms with E-state index < -0.39 is 22.0 Å². The van der Waals surface area contributed by atoms with Gasteiger partial charge in [-0.2, -0.15) is 4.31 Å². The number of hydrogen-bond donors (Lipinski definition) is 1. The van der Waals surface area contributed by atoms with Gasteiger partial charge in [0.2, 0.25) is 10.0 Å². The molecule has 2 unspecified atom stereocenters. The SMILES string of the molecule is Cc1cc(F)cc(C)c1S(=O)(=O)N1CCCC(C)C1N. The highest BCUT2D eigenvalue weighted by Gasteiger charge is 2.36. The van der Waals surface area contributed by atoms with Gasteiger partial charge in [0.1, 0.15) is 5.82 Å². The summed E-state index contributed by atoms with van der Waals surface area (Å²) in [5.74, 6) is -0.296. The van der Waals surface area contributed by atoms with Crippen LogP contribution in [0, 0.1) is 25.6 Å². The second kappa shape index (κ2) is 5.42. The van der Waals surface area contributed by atoms with Gasteiger partial charge in [-0.15, -0.1) is 0 Å². The first-order chi connectivity index (χ1) is 9.25. The molecular weight excluding hydrogens is 279 g/mol. The fraction of sp³-hybridized carbons (Fsp3) is 0.571. The molecule has 0 aliphatic carbocycles. The maximum Gasteiger partial charge on any atom is 0.244 e. The molecule has 6 heteroatoms. The van der Waals surface area contributed by atoms with Crippen LogP contribution in [0.4, 0.5) is 4.39 Å². The van der Waals surface area contributed by atoms with Gasteiger partial charge >= 0.3 is 0 Å².